The third-order valence-corrected chi connectivity index (χ3v) is 7.15. The van der Waals surface area contributed by atoms with Crippen LogP contribution in [0.4, 0.5) is 5.13 Å². The molecule has 3 aromatic rings. The molecule has 1 aromatic heterocycles. The molecule has 1 heterocycles. The SMILES string of the molecule is CCOC(=O)c1sc(NS(=O)(=O)c2cc(C)c(Cl)cc2Cl)nc1-c1ccccc1. The molecule has 1 N–H and O–H groups in total. The normalized spacial score (nSPS) is 11.3. The summed E-state index contributed by atoms with van der Waals surface area (Å²) in [6.45, 7) is 3.55. The second-order valence-electron chi connectivity index (χ2n) is 5.92. The number of esters is 1. The highest BCUT2D eigenvalue weighted by molar-refractivity contribution is 7.93. The predicted octanol–water partition coefficient (Wildman–Crippen LogP) is 5.40. The van der Waals surface area contributed by atoms with Crippen LogP contribution in [0.25, 0.3) is 11.3 Å². The Bertz CT molecular complexity index is 1160. The standard InChI is InChI=1S/C19H16Cl2N2O4S2/c1-3-27-18(24)17-16(12-7-5-4-6-8-12)22-19(28-17)23-29(25,26)15-9-11(2)13(20)10-14(15)21/h4-10H,3H2,1-2H3,(H,22,23). The van der Waals surface area contributed by atoms with E-state index in [9.17, 15) is 13.2 Å². The zero-order chi connectivity index (χ0) is 21.2. The van der Waals surface area contributed by atoms with Gasteiger partial charge in [-0.2, -0.15) is 0 Å². The van der Waals surface area contributed by atoms with Gasteiger partial charge in [-0.1, -0.05) is 64.9 Å². The number of aromatic nitrogens is 1. The Hall–Kier alpha value is -2.13. The first-order valence-electron chi connectivity index (χ1n) is 8.44. The van der Waals surface area contributed by atoms with Gasteiger partial charge in [0, 0.05) is 10.6 Å². The van der Waals surface area contributed by atoms with Gasteiger partial charge in [0.15, 0.2) is 5.13 Å². The van der Waals surface area contributed by atoms with Crippen LogP contribution >= 0.6 is 34.5 Å². The molecule has 0 saturated carbocycles. The van der Waals surface area contributed by atoms with E-state index in [-0.39, 0.29) is 26.5 Å². The van der Waals surface area contributed by atoms with Crippen molar-refractivity contribution in [3.63, 3.8) is 0 Å². The molecule has 0 aliphatic heterocycles. The van der Waals surface area contributed by atoms with Gasteiger partial charge in [-0.15, -0.1) is 0 Å². The lowest BCUT2D eigenvalue weighted by atomic mass is 10.1. The topological polar surface area (TPSA) is 85.4 Å². The summed E-state index contributed by atoms with van der Waals surface area (Å²) in [7, 11) is -4.05. The van der Waals surface area contributed by atoms with Crippen LogP contribution in [0.5, 0.6) is 0 Å². The lowest BCUT2D eigenvalue weighted by Gasteiger charge is -2.09. The Morgan fingerprint density at radius 2 is 1.86 bits per heavy atom. The van der Waals surface area contributed by atoms with Gasteiger partial charge in [-0.05, 0) is 31.5 Å². The lowest BCUT2D eigenvalue weighted by molar-refractivity contribution is 0.0532. The minimum absolute atomic E-state index is 0.0152. The maximum Gasteiger partial charge on any atom is 0.350 e. The quantitative estimate of drug-likeness (QED) is 0.487. The smallest absolute Gasteiger partial charge is 0.350 e. The molecule has 0 aliphatic rings. The summed E-state index contributed by atoms with van der Waals surface area (Å²) < 4.78 is 33.2. The third-order valence-electron chi connectivity index (χ3n) is 3.86. The van der Waals surface area contributed by atoms with E-state index in [1.807, 2.05) is 6.07 Å². The minimum Gasteiger partial charge on any atom is -0.462 e. The van der Waals surface area contributed by atoms with Crippen molar-refractivity contribution in [2.75, 3.05) is 11.3 Å². The van der Waals surface area contributed by atoms with E-state index in [4.69, 9.17) is 27.9 Å². The van der Waals surface area contributed by atoms with E-state index in [0.717, 1.165) is 11.3 Å². The molecule has 0 amide bonds. The predicted molar refractivity (Wildman–Crippen MR) is 116 cm³/mol. The summed E-state index contributed by atoms with van der Waals surface area (Å²) in [6.07, 6.45) is 0. The zero-order valence-corrected chi connectivity index (χ0v) is 18.5. The number of thiazole rings is 1. The Kier molecular flexibility index (Phi) is 6.48. The van der Waals surface area contributed by atoms with Crippen LogP contribution in [0.3, 0.4) is 0 Å². The van der Waals surface area contributed by atoms with Crippen LogP contribution in [-0.2, 0) is 14.8 Å². The molecule has 0 bridgehead atoms. The highest BCUT2D eigenvalue weighted by Crippen LogP contribution is 2.34. The number of nitrogens with one attached hydrogen (secondary N) is 1. The fraction of sp³-hybridized carbons (Fsp3) is 0.158. The number of ether oxygens (including phenoxy) is 1. The molecule has 0 spiro atoms. The van der Waals surface area contributed by atoms with Crippen molar-refractivity contribution in [1.29, 1.82) is 0 Å². The molecule has 0 saturated heterocycles. The number of halogens is 2. The average molecular weight is 471 g/mol. The van der Waals surface area contributed by atoms with E-state index in [1.165, 1.54) is 12.1 Å². The van der Waals surface area contributed by atoms with Crippen molar-refractivity contribution >= 4 is 55.7 Å². The fourth-order valence-corrected chi connectivity index (χ4v) is 5.45. The Morgan fingerprint density at radius 1 is 1.17 bits per heavy atom. The number of hydrogen-bond acceptors (Lipinski definition) is 6. The maximum atomic E-state index is 12.9. The fourth-order valence-electron chi connectivity index (χ4n) is 2.50. The Labute approximate surface area is 182 Å². The summed E-state index contributed by atoms with van der Waals surface area (Å²) in [6, 6.07) is 11.7. The van der Waals surface area contributed by atoms with E-state index < -0.39 is 16.0 Å². The molecule has 3 rings (SSSR count). The zero-order valence-electron chi connectivity index (χ0n) is 15.4. The molecule has 29 heavy (non-hydrogen) atoms. The summed E-state index contributed by atoms with van der Waals surface area (Å²) >= 11 is 13.0. The maximum absolute atomic E-state index is 12.9. The molecule has 0 atom stereocenters. The van der Waals surface area contributed by atoms with Crippen LogP contribution in [0.2, 0.25) is 10.0 Å². The van der Waals surface area contributed by atoms with E-state index in [1.54, 1.807) is 38.1 Å². The molecular weight excluding hydrogens is 455 g/mol. The first kappa shape index (κ1) is 21.6. The van der Waals surface area contributed by atoms with Crippen LogP contribution in [0, 0.1) is 6.92 Å². The van der Waals surface area contributed by atoms with E-state index in [0.29, 0.717) is 21.8 Å². The minimum atomic E-state index is -4.05. The van der Waals surface area contributed by atoms with Gasteiger partial charge < -0.3 is 4.74 Å². The first-order chi connectivity index (χ1) is 13.7. The molecule has 10 heteroatoms. The molecule has 2 aromatic carbocycles. The average Bonchev–Trinajstić information content (AvgIpc) is 3.08. The number of anilines is 1. The van der Waals surface area contributed by atoms with Crippen molar-refractivity contribution in [1.82, 2.24) is 4.98 Å². The van der Waals surface area contributed by atoms with E-state index in [2.05, 4.69) is 9.71 Å². The molecule has 152 valence electrons. The number of rotatable bonds is 6. The second-order valence-corrected chi connectivity index (χ2v) is 9.38. The Morgan fingerprint density at radius 3 is 2.52 bits per heavy atom. The van der Waals surface area contributed by atoms with Gasteiger partial charge in [0.05, 0.1) is 17.3 Å². The number of sulfonamides is 1. The molecular formula is C19H16Cl2N2O4S2. The number of benzene rings is 2. The van der Waals surface area contributed by atoms with Gasteiger partial charge in [0.2, 0.25) is 0 Å². The van der Waals surface area contributed by atoms with Crippen LogP contribution in [0.1, 0.15) is 22.2 Å². The summed E-state index contributed by atoms with van der Waals surface area (Å²) in [5.41, 5.74) is 1.57. The van der Waals surface area contributed by atoms with Gasteiger partial charge >= 0.3 is 5.97 Å². The number of carbonyl (C=O) groups is 1. The molecule has 0 radical (unpaired) electrons. The van der Waals surface area contributed by atoms with Gasteiger partial charge in [-0.25, -0.2) is 18.2 Å². The highest BCUT2D eigenvalue weighted by atomic mass is 35.5. The van der Waals surface area contributed by atoms with Crippen LogP contribution in [-0.4, -0.2) is 26.0 Å². The van der Waals surface area contributed by atoms with Crippen molar-refractivity contribution in [3.8, 4) is 11.3 Å². The number of carbonyl (C=O) groups excluding carboxylic acids is 1. The van der Waals surface area contributed by atoms with E-state index >= 15 is 0 Å². The summed E-state index contributed by atoms with van der Waals surface area (Å²) in [5, 5.41) is 0.369. The number of nitrogens with zero attached hydrogens (tertiary/aromatic N) is 1. The summed E-state index contributed by atoms with van der Waals surface area (Å²) in [5.74, 6) is -0.574. The van der Waals surface area contributed by atoms with Crippen LogP contribution < -0.4 is 4.72 Å². The molecule has 6 nitrogen and oxygen atoms in total. The largest absolute Gasteiger partial charge is 0.462 e. The van der Waals surface area contributed by atoms with Crippen LogP contribution in [0.15, 0.2) is 47.4 Å². The van der Waals surface area contributed by atoms with Crippen molar-refractivity contribution in [2.24, 2.45) is 0 Å². The van der Waals surface area contributed by atoms with Crippen molar-refractivity contribution in [2.45, 2.75) is 18.7 Å². The molecule has 0 aliphatic carbocycles. The summed E-state index contributed by atoms with van der Waals surface area (Å²) in [4.78, 5) is 16.8. The number of aryl methyl sites for hydroxylation is 1. The first-order valence-corrected chi connectivity index (χ1v) is 11.5. The second kappa shape index (κ2) is 8.71. The third kappa shape index (κ3) is 4.72. The highest BCUT2D eigenvalue weighted by Gasteiger charge is 2.25. The lowest BCUT2D eigenvalue weighted by Crippen LogP contribution is -2.13. The molecule has 0 fully saturated rings. The Balaban J connectivity index is 2.03. The monoisotopic (exact) mass is 470 g/mol. The molecule has 0 unspecified atom stereocenters. The van der Waals surface area contributed by atoms with Gasteiger partial charge in [0.1, 0.15) is 9.77 Å². The van der Waals surface area contributed by atoms with Crippen molar-refractivity contribution in [3.05, 3.63) is 63.0 Å². The van der Waals surface area contributed by atoms with Gasteiger partial charge in [0.25, 0.3) is 10.0 Å². The number of hydrogen-bond donors (Lipinski definition) is 1. The van der Waals surface area contributed by atoms with Gasteiger partial charge in [-0.3, -0.25) is 4.72 Å². The van der Waals surface area contributed by atoms with Crippen molar-refractivity contribution < 1.29 is 17.9 Å².